The van der Waals surface area contributed by atoms with Gasteiger partial charge in [0.1, 0.15) is 17.4 Å². The lowest BCUT2D eigenvalue weighted by molar-refractivity contribution is -0.116. The van der Waals surface area contributed by atoms with Crippen LogP contribution in [0.5, 0.6) is 0 Å². The zero-order valence-corrected chi connectivity index (χ0v) is 17.9. The topological polar surface area (TPSA) is 62.3 Å². The van der Waals surface area contributed by atoms with Crippen molar-refractivity contribution in [2.24, 2.45) is 5.92 Å². The van der Waals surface area contributed by atoms with E-state index < -0.39 is 29.5 Å². The second kappa shape index (κ2) is 8.24. The van der Waals surface area contributed by atoms with Gasteiger partial charge in [0.15, 0.2) is 0 Å². The summed E-state index contributed by atoms with van der Waals surface area (Å²) >= 11 is 0. The Morgan fingerprint density at radius 1 is 1.15 bits per heavy atom. The fraction of sp³-hybridized carbons (Fsp3) is 0.192. The van der Waals surface area contributed by atoms with Crippen LogP contribution in [0.25, 0.3) is 5.57 Å². The maximum absolute atomic E-state index is 14.8. The van der Waals surface area contributed by atoms with Crippen LogP contribution in [-0.2, 0) is 16.1 Å². The van der Waals surface area contributed by atoms with Crippen LogP contribution in [0.2, 0.25) is 0 Å². The molecule has 1 aliphatic carbocycles. The van der Waals surface area contributed by atoms with Gasteiger partial charge in [0.2, 0.25) is 0 Å². The smallest absolute Gasteiger partial charge is 0.254 e. The number of ketones is 1. The Hall–Kier alpha value is -3.87. The molecule has 3 aromatic rings. The van der Waals surface area contributed by atoms with Crippen molar-refractivity contribution in [3.05, 3.63) is 101 Å². The second-order valence-corrected chi connectivity index (χ2v) is 8.31. The lowest BCUT2D eigenvalue weighted by atomic mass is 9.91. The average molecular weight is 445 g/mol. The lowest BCUT2D eigenvalue weighted by Crippen LogP contribution is -2.36. The van der Waals surface area contributed by atoms with E-state index in [9.17, 15) is 18.4 Å². The first-order chi connectivity index (χ1) is 15.9. The van der Waals surface area contributed by atoms with E-state index in [1.54, 1.807) is 49.6 Å². The highest BCUT2D eigenvalue weighted by molar-refractivity contribution is 6.22. The Kier molecular flexibility index (Phi) is 5.24. The summed E-state index contributed by atoms with van der Waals surface area (Å²) in [5, 5.41) is 2.94. The highest BCUT2D eigenvalue weighted by atomic mass is 19.1. The Balaban J connectivity index is 1.57. The number of fused-ring (bicyclic) bond motifs is 1. The zero-order chi connectivity index (χ0) is 23.1. The summed E-state index contributed by atoms with van der Waals surface area (Å²) in [7, 11) is 0. The third-order valence-electron chi connectivity index (χ3n) is 6.23. The lowest BCUT2D eigenvalue weighted by Gasteiger charge is -2.33. The van der Waals surface area contributed by atoms with Crippen LogP contribution in [-0.4, -0.2) is 16.7 Å². The highest BCUT2D eigenvalue weighted by Gasteiger charge is 2.44. The molecule has 1 unspecified atom stereocenters. The molecule has 2 aromatic carbocycles. The molecule has 1 saturated carbocycles. The van der Waals surface area contributed by atoms with Crippen molar-refractivity contribution in [1.29, 1.82) is 0 Å². The van der Waals surface area contributed by atoms with Gasteiger partial charge < -0.3 is 10.2 Å². The average Bonchev–Trinajstić information content (AvgIpc) is 3.53. The number of hydrogen-bond acceptors (Lipinski definition) is 4. The molecule has 0 radical (unpaired) electrons. The van der Waals surface area contributed by atoms with Crippen LogP contribution in [0.15, 0.2) is 72.7 Å². The normalized spacial score (nSPS) is 18.1. The maximum atomic E-state index is 14.8. The number of carbonyl (C=O) groups excluding carboxylic acids is 2. The molecule has 5 rings (SSSR count). The number of anilines is 1. The minimum absolute atomic E-state index is 0.0161. The van der Waals surface area contributed by atoms with Crippen molar-refractivity contribution < 1.29 is 18.4 Å². The van der Waals surface area contributed by atoms with Gasteiger partial charge in [-0.3, -0.25) is 14.6 Å². The number of hydrogen-bond donors (Lipinski definition) is 1. The first-order valence-corrected chi connectivity index (χ1v) is 10.7. The van der Waals surface area contributed by atoms with Crippen LogP contribution in [0.1, 0.15) is 36.1 Å². The number of nitrogens with zero attached hydrogens (tertiary/aromatic N) is 2. The molecule has 1 amide bonds. The minimum Gasteiger partial charge on any atom is -0.344 e. The largest absolute Gasteiger partial charge is 0.344 e. The Bertz CT molecular complexity index is 1290. The summed E-state index contributed by atoms with van der Waals surface area (Å²) in [4.78, 5) is 31.6. The van der Waals surface area contributed by atoms with Crippen LogP contribution < -0.4 is 10.2 Å². The molecule has 0 bridgehead atoms. The van der Waals surface area contributed by atoms with E-state index in [4.69, 9.17) is 0 Å². The van der Waals surface area contributed by atoms with Gasteiger partial charge >= 0.3 is 0 Å². The third kappa shape index (κ3) is 3.91. The number of benzene rings is 2. The van der Waals surface area contributed by atoms with Gasteiger partial charge in [-0.05, 0) is 48.4 Å². The number of halogens is 2. The van der Waals surface area contributed by atoms with Gasteiger partial charge in [-0.2, -0.15) is 0 Å². The number of nitrogens with one attached hydrogen (secondary N) is 1. The third-order valence-corrected chi connectivity index (χ3v) is 6.23. The quantitative estimate of drug-likeness (QED) is 0.626. The molecule has 166 valence electrons. The van der Waals surface area contributed by atoms with Crippen molar-refractivity contribution in [1.82, 2.24) is 10.3 Å². The summed E-state index contributed by atoms with van der Waals surface area (Å²) in [5.41, 5.74) is 3.12. The summed E-state index contributed by atoms with van der Waals surface area (Å²) in [5.74, 6) is -1.67. The number of pyridine rings is 1. The van der Waals surface area contributed by atoms with Crippen molar-refractivity contribution in [2.75, 3.05) is 4.90 Å². The van der Waals surface area contributed by atoms with Gasteiger partial charge in [0, 0.05) is 29.8 Å². The van der Waals surface area contributed by atoms with E-state index in [-0.39, 0.29) is 12.3 Å². The molecule has 2 heterocycles. The van der Waals surface area contributed by atoms with Crippen molar-refractivity contribution in [2.45, 2.75) is 25.9 Å². The Morgan fingerprint density at radius 3 is 2.64 bits per heavy atom. The molecule has 33 heavy (non-hydrogen) atoms. The molecular formula is C26H21F2N3O2. The molecule has 0 spiro atoms. The minimum atomic E-state index is -0.660. The summed E-state index contributed by atoms with van der Waals surface area (Å²) in [6.07, 6.45) is 3.63. The van der Waals surface area contributed by atoms with Gasteiger partial charge in [0.05, 0.1) is 30.0 Å². The van der Waals surface area contributed by atoms with Crippen LogP contribution in [0.4, 0.5) is 14.5 Å². The number of allylic oxidation sites excluding steroid dienone is 1. The molecule has 1 aliphatic heterocycles. The molecule has 1 fully saturated rings. The molecule has 1 N–H and O–H groups in total. The van der Waals surface area contributed by atoms with E-state index in [1.807, 2.05) is 11.0 Å². The van der Waals surface area contributed by atoms with Gasteiger partial charge in [-0.15, -0.1) is 0 Å². The summed E-state index contributed by atoms with van der Waals surface area (Å²) < 4.78 is 28.7. The number of aromatic nitrogens is 1. The van der Waals surface area contributed by atoms with Gasteiger partial charge in [-0.25, -0.2) is 8.78 Å². The predicted octanol–water partition coefficient (Wildman–Crippen LogP) is 4.56. The first kappa shape index (κ1) is 21.0. The number of Topliss-reactive ketones (excluding diaryl/α,β-unsaturated/α-hetero) is 1. The molecule has 5 nitrogen and oxygen atoms in total. The van der Waals surface area contributed by atoms with E-state index in [1.165, 1.54) is 18.2 Å². The standard InChI is InChI=1S/C26H21F2N3O2/c1-15-24(26(33)30-25(20-12-23(20)32)16-5-2-6-17(27)11-16)19-8-3-9-22(28)21(19)14-31(15)18-7-4-10-29-13-18/h2-11,13,20,25H,12,14H2,1H3,(H,30,33)/t20?,25-/m1/s1. The first-order valence-electron chi connectivity index (χ1n) is 10.7. The monoisotopic (exact) mass is 445 g/mol. The van der Waals surface area contributed by atoms with Gasteiger partial charge in [-0.1, -0.05) is 24.3 Å². The zero-order valence-electron chi connectivity index (χ0n) is 17.9. The molecule has 0 saturated heterocycles. The summed E-state index contributed by atoms with van der Waals surface area (Å²) in [6.45, 7) is 2.06. The number of rotatable bonds is 5. The van der Waals surface area contributed by atoms with E-state index in [0.717, 1.165) is 5.69 Å². The predicted molar refractivity (Wildman–Crippen MR) is 120 cm³/mol. The molecule has 7 heteroatoms. The number of carbonyl (C=O) groups is 2. The second-order valence-electron chi connectivity index (χ2n) is 8.31. The molecular weight excluding hydrogens is 424 g/mol. The molecule has 2 atom stereocenters. The molecule has 1 aromatic heterocycles. The Morgan fingerprint density at radius 2 is 1.94 bits per heavy atom. The van der Waals surface area contributed by atoms with E-state index in [2.05, 4.69) is 10.3 Å². The van der Waals surface area contributed by atoms with Crippen molar-refractivity contribution >= 4 is 23.0 Å². The Labute approximate surface area is 189 Å². The van der Waals surface area contributed by atoms with Crippen molar-refractivity contribution in [3.8, 4) is 0 Å². The van der Waals surface area contributed by atoms with Crippen molar-refractivity contribution in [3.63, 3.8) is 0 Å². The van der Waals surface area contributed by atoms with Crippen LogP contribution >= 0.6 is 0 Å². The SMILES string of the molecule is CC1=C(C(=O)N[C@H](c2cccc(F)c2)C2CC2=O)c2cccc(F)c2CN1c1cccnc1. The van der Waals surface area contributed by atoms with E-state index >= 15 is 0 Å². The fourth-order valence-corrected chi connectivity index (χ4v) is 4.44. The van der Waals surface area contributed by atoms with Crippen LogP contribution in [0, 0.1) is 17.6 Å². The fourth-order valence-electron chi connectivity index (χ4n) is 4.44. The number of amides is 1. The van der Waals surface area contributed by atoms with E-state index in [0.29, 0.717) is 34.4 Å². The van der Waals surface area contributed by atoms with Crippen LogP contribution in [0.3, 0.4) is 0 Å². The summed E-state index contributed by atoms with van der Waals surface area (Å²) in [6, 6.07) is 13.5. The molecule has 2 aliphatic rings. The highest BCUT2D eigenvalue weighted by Crippen LogP contribution is 2.40. The maximum Gasteiger partial charge on any atom is 0.254 e. The van der Waals surface area contributed by atoms with Gasteiger partial charge in [0.25, 0.3) is 5.91 Å².